The van der Waals surface area contributed by atoms with Gasteiger partial charge in [-0.3, -0.25) is 77.2 Å². The van der Waals surface area contributed by atoms with Crippen LogP contribution in [0.2, 0.25) is 0 Å². The smallest absolute Gasteiger partial charge is 0.317 e. The number of benzene rings is 1. The topological polar surface area (TPSA) is 325 Å². The number of amides is 3. The Morgan fingerprint density at radius 2 is 1.20 bits per heavy atom. The number of aryl methyl sites for hydroxylation is 1. The first kappa shape index (κ1) is 71.9. The zero-order valence-corrected chi connectivity index (χ0v) is 49.3. The number of thioether (sulfide) groups is 1. The van der Waals surface area contributed by atoms with E-state index in [1.807, 2.05) is 11.2 Å². The second-order valence-electron chi connectivity index (χ2n) is 20.0. The van der Waals surface area contributed by atoms with Crippen LogP contribution >= 0.6 is 11.8 Å². The fraction of sp³-hybridized carbons (Fsp3) is 0.685. The van der Waals surface area contributed by atoms with Gasteiger partial charge < -0.3 is 40.0 Å². The Morgan fingerprint density at radius 1 is 0.650 bits per heavy atom. The zero-order valence-electron chi connectivity index (χ0n) is 46.2. The minimum absolute atomic E-state index is 0. The van der Waals surface area contributed by atoms with Crippen LogP contribution < -0.4 is 5.32 Å². The van der Waals surface area contributed by atoms with Gasteiger partial charge in [-0.05, 0) is 55.7 Å². The number of ether oxygens (including phenoxy) is 3. The van der Waals surface area contributed by atoms with Crippen molar-refractivity contribution < 1.29 is 127 Å². The largest absolute Gasteiger partial charge is 0.481 e. The number of aliphatic carboxylic acids is 4. The van der Waals surface area contributed by atoms with Crippen molar-refractivity contribution in [1.29, 1.82) is 0 Å². The Labute approximate surface area is 504 Å². The molecule has 0 radical (unpaired) electrons. The minimum atomic E-state index is -1.16. The van der Waals surface area contributed by atoms with Gasteiger partial charge in [0.25, 0.3) is 0 Å². The first-order valence-electron chi connectivity index (χ1n) is 27.0. The second-order valence-corrected chi connectivity index (χ2v) is 21.0. The van der Waals surface area contributed by atoms with E-state index >= 15 is 0 Å². The fourth-order valence-corrected chi connectivity index (χ4v) is 9.55. The molecule has 2 aliphatic rings. The molecule has 2 aliphatic heterocycles. The van der Waals surface area contributed by atoms with Crippen LogP contribution in [0.25, 0.3) is 0 Å². The number of carbonyl (C=O) groups is 11. The van der Waals surface area contributed by atoms with E-state index in [0.29, 0.717) is 76.2 Å². The molecule has 0 bridgehead atoms. The number of carboxylic acids is 4. The van der Waals surface area contributed by atoms with Gasteiger partial charge in [0.1, 0.15) is 12.4 Å². The molecular formula is C54H82GdN6O18S. The van der Waals surface area contributed by atoms with Crippen molar-refractivity contribution in [2.45, 2.75) is 77.6 Å². The molecule has 80 heavy (non-hydrogen) atoms. The van der Waals surface area contributed by atoms with Crippen molar-refractivity contribution in [3.05, 3.63) is 35.4 Å². The molecule has 3 rings (SSSR count). The zero-order chi connectivity index (χ0) is 58.1. The number of hydrogen-bond acceptors (Lipinski definition) is 19. The van der Waals surface area contributed by atoms with Crippen LogP contribution in [0.15, 0.2) is 24.3 Å². The van der Waals surface area contributed by atoms with Crippen LogP contribution in [0.3, 0.4) is 0 Å². The summed E-state index contributed by atoms with van der Waals surface area (Å²) in [5.41, 5.74) is 1.12. The summed E-state index contributed by atoms with van der Waals surface area (Å²) < 4.78 is 16.7. The van der Waals surface area contributed by atoms with Gasteiger partial charge in [0, 0.05) is 155 Å². The number of imide groups is 1. The number of nitrogens with zero attached hydrogens (tertiary/aromatic N) is 5. The molecule has 0 aromatic heterocycles. The molecule has 1 aromatic carbocycles. The van der Waals surface area contributed by atoms with Gasteiger partial charge >= 0.3 is 23.9 Å². The SMILES string of the molecule is CSCC[C@H](CC(=O)c1cccc(CCC(=O)COCCOCCOCCCC(=O)CN2CCN(CC(=O)O)CCN(CC(=O)O)CCN(CC(=O)O)CC2)c1)C(=O)NCC(=O)C[C@@H](CCCCN1C(=O)CC(C)C1=O)C(=O)O.[Gd]. The van der Waals surface area contributed by atoms with Crippen molar-refractivity contribution in [2.75, 3.05) is 143 Å². The van der Waals surface area contributed by atoms with Crippen LogP contribution in [-0.2, 0) is 68.6 Å². The van der Waals surface area contributed by atoms with Crippen LogP contribution in [0.4, 0.5) is 0 Å². The molecule has 2 heterocycles. The fourth-order valence-electron chi connectivity index (χ4n) is 9.03. The summed E-state index contributed by atoms with van der Waals surface area (Å²) in [4.78, 5) is 144. The second kappa shape index (κ2) is 40.9. The van der Waals surface area contributed by atoms with E-state index in [4.69, 9.17) is 14.2 Å². The Kier molecular flexibility index (Phi) is 36.7. The molecule has 450 valence electrons. The average molecular weight is 1290 g/mol. The molecule has 3 amide bonds. The Morgan fingerprint density at radius 3 is 1.73 bits per heavy atom. The van der Waals surface area contributed by atoms with Gasteiger partial charge in [-0.25, -0.2) is 0 Å². The maximum Gasteiger partial charge on any atom is 0.317 e. The molecule has 0 aliphatic carbocycles. The summed E-state index contributed by atoms with van der Waals surface area (Å²) >= 11 is 1.50. The van der Waals surface area contributed by atoms with E-state index in [1.165, 1.54) is 16.7 Å². The van der Waals surface area contributed by atoms with Gasteiger partial charge in [-0.2, -0.15) is 11.8 Å². The first-order chi connectivity index (χ1) is 37.7. The third-order valence-corrected chi connectivity index (χ3v) is 14.2. The maximum atomic E-state index is 13.4. The van der Waals surface area contributed by atoms with Crippen molar-refractivity contribution in [1.82, 2.24) is 29.8 Å². The van der Waals surface area contributed by atoms with E-state index in [0.717, 1.165) is 5.56 Å². The van der Waals surface area contributed by atoms with Crippen molar-refractivity contribution in [3.63, 3.8) is 0 Å². The molecule has 1 aromatic rings. The molecule has 5 N–H and O–H groups in total. The Hall–Kier alpha value is -4.22. The molecule has 24 nitrogen and oxygen atoms in total. The molecule has 1 unspecified atom stereocenters. The summed E-state index contributed by atoms with van der Waals surface area (Å²) in [5, 5.41) is 40.6. The summed E-state index contributed by atoms with van der Waals surface area (Å²) in [6, 6.07) is 6.83. The summed E-state index contributed by atoms with van der Waals surface area (Å²) in [6.45, 7) is 4.39. The number of carboxylic acid groups (broad SMARTS) is 4. The van der Waals surface area contributed by atoms with E-state index in [1.54, 1.807) is 45.9 Å². The molecule has 3 atom stereocenters. The molecule has 0 saturated carbocycles. The maximum absolute atomic E-state index is 13.4. The van der Waals surface area contributed by atoms with Crippen LogP contribution in [0.1, 0.15) is 87.1 Å². The van der Waals surface area contributed by atoms with Crippen LogP contribution in [-0.4, -0.2) is 253 Å². The summed E-state index contributed by atoms with van der Waals surface area (Å²) in [5.74, 6) is -7.69. The normalized spacial score (nSPS) is 16.9. The third kappa shape index (κ3) is 30.7. The van der Waals surface area contributed by atoms with Crippen molar-refractivity contribution in [3.8, 4) is 0 Å². The minimum Gasteiger partial charge on any atom is -0.481 e. The molecule has 0 spiro atoms. The number of unbranched alkanes of at least 4 members (excludes halogenated alkanes) is 1. The monoisotopic (exact) mass is 1290 g/mol. The predicted molar refractivity (Wildman–Crippen MR) is 289 cm³/mol. The Balaban J connectivity index is 0.0000219. The predicted octanol–water partition coefficient (Wildman–Crippen LogP) is 1.35. The van der Waals surface area contributed by atoms with Gasteiger partial charge in [0.2, 0.25) is 17.7 Å². The first-order valence-corrected chi connectivity index (χ1v) is 28.4. The number of ketones is 4. The number of hydrogen-bond donors (Lipinski definition) is 5. The number of likely N-dealkylation sites (tertiary alicyclic amines) is 1. The average Bonchev–Trinajstić information content (AvgIpc) is 3.64. The molecule has 26 heteroatoms. The van der Waals surface area contributed by atoms with Gasteiger partial charge in [0.15, 0.2) is 17.3 Å². The number of rotatable bonds is 40. The summed E-state index contributed by atoms with van der Waals surface area (Å²) in [7, 11) is 0. The number of Topliss-reactive ketones (excluding diaryl/α,β-unsaturated/α-hetero) is 4. The van der Waals surface area contributed by atoms with E-state index in [9.17, 15) is 73.2 Å². The van der Waals surface area contributed by atoms with E-state index in [2.05, 4.69) is 5.32 Å². The molecular weight excluding hydrogens is 1210 g/mol. The molecule has 2 saturated heterocycles. The standard InChI is InChI=1S/C54H82N6O18S.Gd/c1-39-29-48(65)60(53(39)73)14-4-3-8-43(54(74)75)31-46(63)33-55-52(72)42(13-28-79-2)32-47(64)41-9-5-7-40(30-41)11-12-45(62)38-78-27-26-77-25-24-76-23-6-10-44(61)34-56-15-17-57(35-49(66)67)19-21-59(37-51(70)71)22-20-58(18-16-56)36-50(68)69;/h5,7,9,30,39,42-43H,3-4,6,8,10-29,31-38H2,1-2H3,(H,55,72)(H,66,67)(H,68,69)(H,70,71)(H,74,75);/t39?,42-,43-;/m1./s1. The van der Waals surface area contributed by atoms with Crippen molar-refractivity contribution in [2.24, 2.45) is 17.8 Å². The van der Waals surface area contributed by atoms with Crippen molar-refractivity contribution >= 4 is 76.5 Å². The van der Waals surface area contributed by atoms with E-state index in [-0.39, 0.29) is 205 Å². The van der Waals surface area contributed by atoms with Gasteiger partial charge in [-0.1, -0.05) is 31.5 Å². The quantitative estimate of drug-likeness (QED) is 0.0352. The van der Waals surface area contributed by atoms with Gasteiger partial charge in [-0.15, -0.1) is 0 Å². The molecule has 2 fully saturated rings. The van der Waals surface area contributed by atoms with E-state index < -0.39 is 53.9 Å². The van der Waals surface area contributed by atoms with Gasteiger partial charge in [0.05, 0.1) is 65.1 Å². The van der Waals surface area contributed by atoms with Crippen LogP contribution in [0, 0.1) is 57.7 Å². The van der Waals surface area contributed by atoms with Crippen LogP contribution in [0.5, 0.6) is 0 Å². The number of carbonyl (C=O) groups excluding carboxylic acids is 7. The Bertz CT molecular complexity index is 2160. The third-order valence-electron chi connectivity index (χ3n) is 13.5. The summed E-state index contributed by atoms with van der Waals surface area (Å²) in [6.07, 6.45) is 4.14. The number of nitrogens with one attached hydrogen (secondary N) is 1.